The Morgan fingerprint density at radius 3 is 1.96 bits per heavy atom. The molecule has 4 heteroatoms. The van der Waals surface area contributed by atoms with Crippen LogP contribution in [0.4, 0.5) is 0 Å². The Kier molecular flexibility index (Phi) is 7.30. The Balaban J connectivity index is 0.000000243. The summed E-state index contributed by atoms with van der Waals surface area (Å²) < 4.78 is 0. The van der Waals surface area contributed by atoms with Crippen LogP contribution in [0.15, 0.2) is 5.16 Å². The first-order chi connectivity index (χ1) is 11.0. The first-order valence-corrected chi connectivity index (χ1v) is 9.54. The van der Waals surface area contributed by atoms with E-state index in [0.717, 1.165) is 19.4 Å². The van der Waals surface area contributed by atoms with Crippen LogP contribution in [-0.4, -0.2) is 35.2 Å². The average Bonchev–Trinajstić information content (AvgIpc) is 3.07. The quantitative estimate of drug-likeness (QED) is 0.743. The van der Waals surface area contributed by atoms with Crippen LogP contribution in [-0.2, 0) is 9.63 Å². The van der Waals surface area contributed by atoms with Gasteiger partial charge in [0.2, 0.25) is 5.91 Å². The normalized spacial score (nSPS) is 27.0. The van der Waals surface area contributed by atoms with Crippen molar-refractivity contribution in [3.63, 3.8) is 0 Å². The van der Waals surface area contributed by atoms with Crippen LogP contribution in [0, 0.1) is 23.2 Å². The molecule has 0 N–H and O–H groups in total. The third kappa shape index (κ3) is 4.73. The zero-order valence-electron chi connectivity index (χ0n) is 17.2. The lowest BCUT2D eigenvalue weighted by molar-refractivity contribution is -0.138. The van der Waals surface area contributed by atoms with E-state index in [-0.39, 0.29) is 5.41 Å². The maximum absolute atomic E-state index is 12.0. The molecule has 140 valence electrons. The van der Waals surface area contributed by atoms with Crippen molar-refractivity contribution in [2.45, 2.75) is 87.3 Å². The maximum Gasteiger partial charge on any atom is 0.229 e. The van der Waals surface area contributed by atoms with Crippen LogP contribution in [0.25, 0.3) is 0 Å². The average molecular weight is 339 g/mol. The Labute approximate surface area is 149 Å². The zero-order valence-corrected chi connectivity index (χ0v) is 17.2. The molecule has 0 aromatic rings. The van der Waals surface area contributed by atoms with Crippen molar-refractivity contribution < 1.29 is 9.63 Å². The van der Waals surface area contributed by atoms with E-state index in [2.05, 4.69) is 67.5 Å². The topological polar surface area (TPSA) is 41.9 Å². The molecule has 1 amide bonds. The first kappa shape index (κ1) is 21.0. The Morgan fingerprint density at radius 1 is 1.12 bits per heavy atom. The summed E-state index contributed by atoms with van der Waals surface area (Å²) in [5, 5.41) is 4.05. The van der Waals surface area contributed by atoms with Gasteiger partial charge in [0, 0.05) is 19.0 Å². The minimum Gasteiger partial charge on any atom is -0.392 e. The van der Waals surface area contributed by atoms with Gasteiger partial charge in [0.05, 0.1) is 11.1 Å². The molecule has 2 unspecified atom stereocenters. The highest BCUT2D eigenvalue weighted by Crippen LogP contribution is 2.39. The summed E-state index contributed by atoms with van der Waals surface area (Å²) in [5.74, 6) is 1.91. The van der Waals surface area contributed by atoms with Gasteiger partial charge in [-0.2, -0.15) is 0 Å². The van der Waals surface area contributed by atoms with Gasteiger partial charge >= 0.3 is 0 Å². The smallest absolute Gasteiger partial charge is 0.229 e. The van der Waals surface area contributed by atoms with Gasteiger partial charge in [-0.05, 0) is 38.0 Å². The van der Waals surface area contributed by atoms with Crippen LogP contribution in [0.1, 0.15) is 75.2 Å². The molecule has 0 aromatic heterocycles. The number of likely N-dealkylation sites (tertiary alicyclic amines) is 1. The summed E-state index contributed by atoms with van der Waals surface area (Å²) in [4.78, 5) is 19.3. The molecule has 2 rings (SSSR count). The minimum atomic E-state index is -0.107. The molecular weight excluding hydrogens is 300 g/mol. The van der Waals surface area contributed by atoms with Gasteiger partial charge in [0.25, 0.3) is 0 Å². The van der Waals surface area contributed by atoms with Crippen LogP contribution < -0.4 is 0 Å². The zero-order chi connectivity index (χ0) is 18.7. The highest BCUT2D eigenvalue weighted by Gasteiger charge is 2.45. The Bertz CT molecular complexity index is 455. The van der Waals surface area contributed by atoms with Crippen LogP contribution in [0.2, 0.25) is 0 Å². The molecule has 0 spiro atoms. The Morgan fingerprint density at radius 2 is 1.71 bits per heavy atom. The van der Waals surface area contributed by atoms with E-state index in [1.54, 1.807) is 0 Å². The number of nitrogens with zero attached hydrogens (tertiary/aromatic N) is 2. The summed E-state index contributed by atoms with van der Waals surface area (Å²) >= 11 is 0. The van der Waals surface area contributed by atoms with Crippen LogP contribution in [0.3, 0.4) is 0 Å². The second-order valence-electron chi connectivity index (χ2n) is 8.74. The Hall–Kier alpha value is -1.06. The first-order valence-electron chi connectivity index (χ1n) is 9.54. The van der Waals surface area contributed by atoms with Gasteiger partial charge in [-0.25, -0.2) is 0 Å². The number of amides is 1. The molecule has 2 heterocycles. The number of hydrogen-bond donors (Lipinski definition) is 0. The summed E-state index contributed by atoms with van der Waals surface area (Å²) in [6, 6.07) is 0.355. The van der Waals surface area contributed by atoms with E-state index in [4.69, 9.17) is 4.84 Å². The number of rotatable bonds is 4. The fourth-order valence-electron chi connectivity index (χ4n) is 3.03. The minimum absolute atomic E-state index is 0.107. The fourth-order valence-corrected chi connectivity index (χ4v) is 3.03. The lowest BCUT2D eigenvalue weighted by atomic mass is 9.78. The van der Waals surface area contributed by atoms with Crippen molar-refractivity contribution in [1.82, 2.24) is 4.90 Å². The molecule has 0 aromatic carbocycles. The monoisotopic (exact) mass is 338 g/mol. The van der Waals surface area contributed by atoms with E-state index in [1.807, 2.05) is 4.90 Å². The molecule has 0 aliphatic carbocycles. The standard InChI is InChI=1S/C11H21NO.C9H17NO/c1-8(2)11(5)6-7-12(9(3)4)10(11)13;1-6(2)8-5-9(7(3)4)11-10-8/h8-9H,6-7H2,1-5H3;6-7,9H,5H2,1-4H3. The molecule has 2 aliphatic heterocycles. The lowest BCUT2D eigenvalue weighted by Crippen LogP contribution is -2.39. The lowest BCUT2D eigenvalue weighted by Gasteiger charge is -2.28. The summed E-state index contributed by atoms with van der Waals surface area (Å²) in [6.45, 7) is 20.1. The van der Waals surface area contributed by atoms with E-state index in [1.165, 1.54) is 5.71 Å². The second-order valence-corrected chi connectivity index (χ2v) is 8.74. The molecule has 0 radical (unpaired) electrons. The summed E-state index contributed by atoms with van der Waals surface area (Å²) in [6.07, 6.45) is 2.36. The summed E-state index contributed by atoms with van der Waals surface area (Å²) in [5.41, 5.74) is 1.10. The largest absolute Gasteiger partial charge is 0.392 e. The van der Waals surface area contributed by atoms with E-state index in [0.29, 0.717) is 35.8 Å². The third-order valence-corrected chi connectivity index (χ3v) is 5.64. The predicted molar refractivity (Wildman–Crippen MR) is 101 cm³/mol. The van der Waals surface area contributed by atoms with E-state index in [9.17, 15) is 4.79 Å². The number of oxime groups is 1. The predicted octanol–water partition coefficient (Wildman–Crippen LogP) is 4.73. The van der Waals surface area contributed by atoms with Gasteiger partial charge in [0.1, 0.15) is 6.10 Å². The van der Waals surface area contributed by atoms with Crippen molar-refractivity contribution >= 4 is 11.6 Å². The molecule has 1 saturated heterocycles. The van der Waals surface area contributed by atoms with Crippen molar-refractivity contribution in [3.8, 4) is 0 Å². The molecule has 4 nitrogen and oxygen atoms in total. The van der Waals surface area contributed by atoms with Crippen molar-refractivity contribution in [2.24, 2.45) is 28.3 Å². The van der Waals surface area contributed by atoms with E-state index >= 15 is 0 Å². The second kappa shape index (κ2) is 8.35. The molecule has 24 heavy (non-hydrogen) atoms. The third-order valence-electron chi connectivity index (χ3n) is 5.64. The van der Waals surface area contributed by atoms with Crippen molar-refractivity contribution in [2.75, 3.05) is 6.54 Å². The molecule has 0 bridgehead atoms. The van der Waals surface area contributed by atoms with Gasteiger partial charge < -0.3 is 9.74 Å². The number of carbonyl (C=O) groups is 1. The van der Waals surface area contributed by atoms with E-state index < -0.39 is 0 Å². The molecule has 1 fully saturated rings. The van der Waals surface area contributed by atoms with Crippen LogP contribution in [0.5, 0.6) is 0 Å². The molecular formula is C20H38N2O2. The maximum atomic E-state index is 12.0. The molecule has 2 aliphatic rings. The molecule has 0 saturated carbocycles. The fraction of sp³-hybridized carbons (Fsp3) is 0.900. The van der Waals surface area contributed by atoms with Gasteiger partial charge in [-0.3, -0.25) is 4.79 Å². The highest BCUT2D eigenvalue weighted by molar-refractivity contribution is 5.87. The number of hydrogen-bond acceptors (Lipinski definition) is 3. The van der Waals surface area contributed by atoms with Gasteiger partial charge in [0.15, 0.2) is 0 Å². The van der Waals surface area contributed by atoms with Crippen molar-refractivity contribution in [3.05, 3.63) is 0 Å². The molecule has 2 atom stereocenters. The van der Waals surface area contributed by atoms with Gasteiger partial charge in [-0.1, -0.05) is 53.6 Å². The highest BCUT2D eigenvalue weighted by atomic mass is 16.6. The van der Waals surface area contributed by atoms with Crippen LogP contribution >= 0.6 is 0 Å². The van der Waals surface area contributed by atoms with Gasteiger partial charge in [-0.15, -0.1) is 0 Å². The number of carbonyl (C=O) groups excluding carboxylic acids is 1. The van der Waals surface area contributed by atoms with Crippen molar-refractivity contribution in [1.29, 1.82) is 0 Å². The summed E-state index contributed by atoms with van der Waals surface area (Å²) in [7, 11) is 0. The SMILES string of the molecule is CC(C)C1=NOC(C(C)C)C1.CC(C)N1CCC(C)(C(C)C)C1=O.